The van der Waals surface area contributed by atoms with Crippen LogP contribution in [0.2, 0.25) is 0 Å². The summed E-state index contributed by atoms with van der Waals surface area (Å²) in [7, 11) is 1.68. The molecule has 0 aliphatic heterocycles. The summed E-state index contributed by atoms with van der Waals surface area (Å²) in [5.74, 6) is 1.31. The van der Waals surface area contributed by atoms with Gasteiger partial charge in [0.2, 0.25) is 0 Å². The molecule has 0 saturated heterocycles. The lowest BCUT2D eigenvalue weighted by molar-refractivity contribution is 0.416. The maximum Gasteiger partial charge on any atom is 0.128 e. The highest BCUT2D eigenvalue weighted by Crippen LogP contribution is 2.29. The molecule has 0 radical (unpaired) electrons. The number of ether oxygens (including phenoxy) is 1. The van der Waals surface area contributed by atoms with E-state index in [2.05, 4.69) is 30.1 Å². The molecule has 84 valence electrons. The summed E-state index contributed by atoms with van der Waals surface area (Å²) < 4.78 is 5.32. The number of hydrogen-bond donors (Lipinski definition) is 1. The van der Waals surface area contributed by atoms with E-state index < -0.39 is 0 Å². The minimum atomic E-state index is 0.455. The lowest BCUT2D eigenvalue weighted by Crippen LogP contribution is -1.87. The highest BCUT2D eigenvalue weighted by molar-refractivity contribution is 5.67. The van der Waals surface area contributed by atoms with E-state index >= 15 is 0 Å². The number of methoxy groups -OCH3 is 1. The van der Waals surface area contributed by atoms with Crippen molar-refractivity contribution in [2.75, 3.05) is 7.11 Å². The number of aromatic nitrogens is 2. The molecule has 0 amide bonds. The van der Waals surface area contributed by atoms with E-state index in [1.807, 2.05) is 24.3 Å². The lowest BCUT2D eigenvalue weighted by atomic mass is 10.1. The Labute approximate surface area is 95.5 Å². The van der Waals surface area contributed by atoms with Crippen LogP contribution >= 0.6 is 0 Å². The van der Waals surface area contributed by atoms with E-state index in [-0.39, 0.29) is 0 Å². The van der Waals surface area contributed by atoms with Gasteiger partial charge in [0.15, 0.2) is 0 Å². The summed E-state index contributed by atoms with van der Waals surface area (Å²) in [6.45, 7) is 4.28. The van der Waals surface area contributed by atoms with Gasteiger partial charge in [0.1, 0.15) is 5.75 Å². The fraction of sp³-hybridized carbons (Fsp3) is 0.308. The minimum Gasteiger partial charge on any atom is -0.496 e. The molecule has 3 nitrogen and oxygen atoms in total. The number of para-hydroxylation sites is 1. The molecule has 0 unspecified atom stereocenters. The molecule has 0 aliphatic rings. The molecular weight excluding hydrogens is 200 g/mol. The topological polar surface area (TPSA) is 37.9 Å². The summed E-state index contributed by atoms with van der Waals surface area (Å²) in [5.41, 5.74) is 3.09. The second-order valence-electron chi connectivity index (χ2n) is 4.06. The number of rotatable bonds is 3. The van der Waals surface area contributed by atoms with E-state index in [0.717, 1.165) is 22.7 Å². The average Bonchev–Trinajstić information content (AvgIpc) is 2.78. The first-order valence-corrected chi connectivity index (χ1v) is 5.41. The minimum absolute atomic E-state index is 0.455. The van der Waals surface area contributed by atoms with Gasteiger partial charge in [0, 0.05) is 11.3 Å². The van der Waals surface area contributed by atoms with Gasteiger partial charge in [-0.3, -0.25) is 5.10 Å². The maximum atomic E-state index is 5.32. The molecule has 1 aromatic heterocycles. The molecule has 1 aromatic carbocycles. The van der Waals surface area contributed by atoms with Crippen LogP contribution in [-0.2, 0) is 0 Å². The molecular formula is C13H16N2O. The van der Waals surface area contributed by atoms with E-state index in [9.17, 15) is 0 Å². The van der Waals surface area contributed by atoms with Gasteiger partial charge in [0.05, 0.1) is 12.8 Å². The first kappa shape index (κ1) is 10.7. The average molecular weight is 216 g/mol. The first-order valence-electron chi connectivity index (χ1n) is 5.41. The molecule has 0 spiro atoms. The Bertz CT molecular complexity index is 474. The highest BCUT2D eigenvalue weighted by Gasteiger charge is 2.10. The predicted octanol–water partition coefficient (Wildman–Crippen LogP) is 3.21. The monoisotopic (exact) mass is 216 g/mol. The molecule has 2 aromatic rings. The molecule has 0 bridgehead atoms. The summed E-state index contributed by atoms with van der Waals surface area (Å²) in [4.78, 5) is 0. The summed E-state index contributed by atoms with van der Waals surface area (Å²) in [6, 6.07) is 9.97. The number of aromatic amines is 1. The van der Waals surface area contributed by atoms with Crippen LogP contribution in [0.1, 0.15) is 25.5 Å². The van der Waals surface area contributed by atoms with Crippen LogP contribution in [0.5, 0.6) is 5.75 Å². The van der Waals surface area contributed by atoms with E-state index in [4.69, 9.17) is 4.74 Å². The standard InChI is InChI=1S/C13H16N2O/c1-9(2)11-8-12(15-14-11)10-6-4-5-7-13(10)16-3/h4-9H,1-3H3,(H,14,15). The SMILES string of the molecule is COc1ccccc1-c1cc(C(C)C)[nH]n1. The second kappa shape index (κ2) is 4.39. The summed E-state index contributed by atoms with van der Waals surface area (Å²) in [6.07, 6.45) is 0. The van der Waals surface area contributed by atoms with Crippen LogP contribution in [0.25, 0.3) is 11.3 Å². The Hall–Kier alpha value is -1.77. The van der Waals surface area contributed by atoms with Gasteiger partial charge in [0.25, 0.3) is 0 Å². The van der Waals surface area contributed by atoms with Crippen molar-refractivity contribution in [3.05, 3.63) is 36.0 Å². The maximum absolute atomic E-state index is 5.32. The van der Waals surface area contributed by atoms with Crippen molar-refractivity contribution in [2.45, 2.75) is 19.8 Å². The van der Waals surface area contributed by atoms with E-state index in [1.54, 1.807) is 7.11 Å². The van der Waals surface area contributed by atoms with E-state index in [1.165, 1.54) is 0 Å². The van der Waals surface area contributed by atoms with Crippen molar-refractivity contribution in [3.63, 3.8) is 0 Å². The predicted molar refractivity (Wildman–Crippen MR) is 64.7 cm³/mol. The molecule has 3 heteroatoms. The van der Waals surface area contributed by atoms with Crippen molar-refractivity contribution >= 4 is 0 Å². The normalized spacial score (nSPS) is 10.8. The fourth-order valence-electron chi connectivity index (χ4n) is 1.63. The number of nitrogens with zero attached hydrogens (tertiary/aromatic N) is 1. The number of benzene rings is 1. The smallest absolute Gasteiger partial charge is 0.128 e. The molecule has 0 saturated carbocycles. The van der Waals surface area contributed by atoms with Crippen molar-refractivity contribution in [2.24, 2.45) is 0 Å². The van der Waals surface area contributed by atoms with Crippen molar-refractivity contribution in [3.8, 4) is 17.0 Å². The lowest BCUT2D eigenvalue weighted by Gasteiger charge is -2.04. The Kier molecular flexibility index (Phi) is 2.95. The summed E-state index contributed by atoms with van der Waals surface area (Å²) >= 11 is 0. The zero-order valence-corrected chi connectivity index (χ0v) is 9.82. The first-order chi connectivity index (χ1) is 7.72. The Morgan fingerprint density at radius 2 is 2.00 bits per heavy atom. The number of H-pyrrole nitrogens is 1. The molecule has 2 rings (SSSR count). The van der Waals surface area contributed by atoms with Crippen LogP contribution in [0.15, 0.2) is 30.3 Å². The van der Waals surface area contributed by atoms with Crippen molar-refractivity contribution in [1.82, 2.24) is 10.2 Å². The summed E-state index contributed by atoms with van der Waals surface area (Å²) in [5, 5.41) is 7.36. The van der Waals surface area contributed by atoms with Crippen LogP contribution in [0.4, 0.5) is 0 Å². The molecule has 1 N–H and O–H groups in total. The second-order valence-corrected chi connectivity index (χ2v) is 4.06. The quantitative estimate of drug-likeness (QED) is 0.855. The van der Waals surface area contributed by atoms with Crippen LogP contribution < -0.4 is 4.74 Å². The molecule has 1 heterocycles. The van der Waals surface area contributed by atoms with Gasteiger partial charge in [-0.05, 0) is 24.1 Å². The third-order valence-electron chi connectivity index (χ3n) is 2.60. The van der Waals surface area contributed by atoms with Crippen LogP contribution in [0.3, 0.4) is 0 Å². The molecule has 0 atom stereocenters. The Morgan fingerprint density at radius 3 is 2.62 bits per heavy atom. The molecule has 0 aliphatic carbocycles. The van der Waals surface area contributed by atoms with Gasteiger partial charge < -0.3 is 4.74 Å². The fourth-order valence-corrected chi connectivity index (χ4v) is 1.63. The third kappa shape index (κ3) is 1.94. The molecule has 16 heavy (non-hydrogen) atoms. The number of nitrogens with one attached hydrogen (secondary N) is 1. The Balaban J connectivity index is 2.42. The Morgan fingerprint density at radius 1 is 1.25 bits per heavy atom. The molecule has 0 fully saturated rings. The van der Waals surface area contributed by atoms with Gasteiger partial charge in [-0.1, -0.05) is 26.0 Å². The van der Waals surface area contributed by atoms with Gasteiger partial charge in [-0.15, -0.1) is 0 Å². The zero-order chi connectivity index (χ0) is 11.5. The number of hydrogen-bond acceptors (Lipinski definition) is 2. The van der Waals surface area contributed by atoms with Crippen molar-refractivity contribution in [1.29, 1.82) is 0 Å². The largest absolute Gasteiger partial charge is 0.496 e. The van der Waals surface area contributed by atoms with Gasteiger partial charge >= 0.3 is 0 Å². The zero-order valence-electron chi connectivity index (χ0n) is 9.82. The highest BCUT2D eigenvalue weighted by atomic mass is 16.5. The van der Waals surface area contributed by atoms with Crippen LogP contribution in [0, 0.1) is 0 Å². The van der Waals surface area contributed by atoms with Crippen LogP contribution in [-0.4, -0.2) is 17.3 Å². The van der Waals surface area contributed by atoms with Crippen molar-refractivity contribution < 1.29 is 4.74 Å². The van der Waals surface area contributed by atoms with Gasteiger partial charge in [-0.25, -0.2) is 0 Å². The third-order valence-corrected chi connectivity index (χ3v) is 2.60. The van der Waals surface area contributed by atoms with Gasteiger partial charge in [-0.2, -0.15) is 5.10 Å². The van der Waals surface area contributed by atoms with E-state index in [0.29, 0.717) is 5.92 Å².